The second-order valence-corrected chi connectivity index (χ2v) is 8.53. The van der Waals surface area contributed by atoms with Crippen LogP contribution in [0.1, 0.15) is 43.7 Å². The molecule has 33 heavy (non-hydrogen) atoms. The Balaban J connectivity index is 0.000000601. The first-order valence-corrected chi connectivity index (χ1v) is 11.5. The Labute approximate surface area is 192 Å². The summed E-state index contributed by atoms with van der Waals surface area (Å²) in [5.41, 5.74) is 12.5. The summed E-state index contributed by atoms with van der Waals surface area (Å²) >= 11 is 0. The lowest BCUT2D eigenvalue weighted by Gasteiger charge is -2.16. The molecule has 4 aromatic rings. The van der Waals surface area contributed by atoms with Gasteiger partial charge in [-0.15, -0.1) is 0 Å². The number of aliphatic carboxylic acids is 1. The van der Waals surface area contributed by atoms with Crippen molar-refractivity contribution in [3.05, 3.63) is 64.1 Å². The number of nitrogens with one attached hydrogen (secondary N) is 1. The summed E-state index contributed by atoms with van der Waals surface area (Å²) in [7, 11) is 0. The van der Waals surface area contributed by atoms with Crippen molar-refractivity contribution in [2.45, 2.75) is 52.0 Å². The number of carbonyl (C=O) groups is 1. The second kappa shape index (κ2) is 10.0. The molecule has 0 spiro atoms. The van der Waals surface area contributed by atoms with E-state index in [4.69, 9.17) is 20.6 Å². The molecular formula is C26H30N4O3. The van der Waals surface area contributed by atoms with Crippen molar-refractivity contribution in [3.63, 3.8) is 0 Å². The maximum Gasteiger partial charge on any atom is 0.300 e. The van der Waals surface area contributed by atoms with Crippen molar-refractivity contribution in [1.82, 2.24) is 14.5 Å². The van der Waals surface area contributed by atoms with Crippen LogP contribution in [0.2, 0.25) is 0 Å². The van der Waals surface area contributed by atoms with E-state index in [1.165, 1.54) is 24.0 Å². The second-order valence-electron chi connectivity index (χ2n) is 8.53. The van der Waals surface area contributed by atoms with Gasteiger partial charge >= 0.3 is 0 Å². The summed E-state index contributed by atoms with van der Waals surface area (Å²) in [4.78, 5) is 29.9. The van der Waals surface area contributed by atoms with Gasteiger partial charge < -0.3 is 20.4 Å². The Morgan fingerprint density at radius 3 is 2.58 bits per heavy atom. The SMILES string of the molecule is CC(=O)O.NCCCCn1cc(-c2nc3cc4c(cc3[nH]c2=O)CCCC4)c2ccccc21. The van der Waals surface area contributed by atoms with Gasteiger partial charge in [-0.3, -0.25) is 9.59 Å². The van der Waals surface area contributed by atoms with Crippen LogP contribution in [0.5, 0.6) is 0 Å². The molecular weight excluding hydrogens is 416 g/mol. The number of aromatic nitrogens is 3. The average molecular weight is 447 g/mol. The number of aryl methyl sites for hydroxylation is 3. The monoisotopic (exact) mass is 446 g/mol. The van der Waals surface area contributed by atoms with Gasteiger partial charge in [0.1, 0.15) is 5.69 Å². The zero-order chi connectivity index (χ0) is 23.4. The maximum absolute atomic E-state index is 13.0. The fourth-order valence-electron chi connectivity index (χ4n) is 4.55. The molecule has 0 amide bonds. The van der Waals surface area contributed by atoms with E-state index < -0.39 is 5.97 Å². The van der Waals surface area contributed by atoms with Crippen LogP contribution in [-0.4, -0.2) is 32.2 Å². The Morgan fingerprint density at radius 2 is 1.85 bits per heavy atom. The molecule has 2 heterocycles. The number of aromatic amines is 1. The molecule has 5 rings (SSSR count). The lowest BCUT2D eigenvalue weighted by molar-refractivity contribution is -0.134. The maximum atomic E-state index is 13.0. The summed E-state index contributed by atoms with van der Waals surface area (Å²) in [6.07, 6.45) is 8.71. The number of hydrogen-bond donors (Lipinski definition) is 3. The van der Waals surface area contributed by atoms with Crippen molar-refractivity contribution in [2.24, 2.45) is 5.73 Å². The molecule has 4 N–H and O–H groups in total. The summed E-state index contributed by atoms with van der Waals surface area (Å²) in [5.74, 6) is -0.833. The van der Waals surface area contributed by atoms with Crippen LogP contribution in [-0.2, 0) is 24.2 Å². The fourth-order valence-corrected chi connectivity index (χ4v) is 4.55. The lowest BCUT2D eigenvalue weighted by Crippen LogP contribution is -2.12. The smallest absolute Gasteiger partial charge is 0.300 e. The molecule has 0 saturated carbocycles. The van der Waals surface area contributed by atoms with Crippen LogP contribution in [0, 0.1) is 0 Å². The molecule has 2 aromatic carbocycles. The van der Waals surface area contributed by atoms with Gasteiger partial charge in [0.2, 0.25) is 0 Å². The number of hydrogen-bond acceptors (Lipinski definition) is 4. The molecule has 0 aliphatic heterocycles. The van der Waals surface area contributed by atoms with E-state index in [1.54, 1.807) is 0 Å². The summed E-state index contributed by atoms with van der Waals surface area (Å²) in [6, 6.07) is 12.5. The summed E-state index contributed by atoms with van der Waals surface area (Å²) in [6.45, 7) is 2.67. The zero-order valence-corrected chi connectivity index (χ0v) is 18.9. The van der Waals surface area contributed by atoms with Gasteiger partial charge in [-0.2, -0.15) is 0 Å². The van der Waals surface area contributed by atoms with Gasteiger partial charge in [-0.25, -0.2) is 4.98 Å². The largest absolute Gasteiger partial charge is 0.481 e. The number of unbranched alkanes of at least 4 members (excludes halogenated alkanes) is 1. The number of para-hydroxylation sites is 1. The standard InChI is InChI=1S/C24H26N4O.C2H4O2/c25-11-5-6-12-28-15-19(18-9-3-4-10-22(18)28)23-24(29)27-21-14-17-8-2-1-7-16(17)13-20(21)26-23;1-2(3)4/h3-4,9-10,13-15H,1-2,5-8,11-12,25H2,(H,27,29);1H3,(H,3,4). The number of carboxylic acid groups (broad SMARTS) is 1. The third-order valence-electron chi connectivity index (χ3n) is 6.05. The highest BCUT2D eigenvalue weighted by molar-refractivity contribution is 5.95. The van der Waals surface area contributed by atoms with Crippen LogP contribution in [0.25, 0.3) is 33.2 Å². The molecule has 2 aromatic heterocycles. The fraction of sp³-hybridized carbons (Fsp3) is 0.346. The summed E-state index contributed by atoms with van der Waals surface area (Å²) in [5, 5.41) is 8.48. The van der Waals surface area contributed by atoms with E-state index in [0.29, 0.717) is 12.2 Å². The molecule has 0 fully saturated rings. The molecule has 0 radical (unpaired) electrons. The molecule has 0 bridgehead atoms. The van der Waals surface area contributed by atoms with Crippen molar-refractivity contribution in [2.75, 3.05) is 6.54 Å². The topological polar surface area (TPSA) is 114 Å². The molecule has 7 nitrogen and oxygen atoms in total. The molecule has 0 saturated heterocycles. The molecule has 172 valence electrons. The van der Waals surface area contributed by atoms with Crippen molar-refractivity contribution >= 4 is 27.9 Å². The van der Waals surface area contributed by atoms with Gasteiger partial charge in [-0.05, 0) is 74.4 Å². The van der Waals surface area contributed by atoms with Crippen molar-refractivity contribution in [1.29, 1.82) is 0 Å². The molecule has 1 aliphatic rings. The molecule has 0 atom stereocenters. The van der Waals surface area contributed by atoms with Crippen molar-refractivity contribution in [3.8, 4) is 11.3 Å². The number of rotatable bonds is 5. The predicted octanol–water partition coefficient (Wildman–Crippen LogP) is 4.25. The Bertz CT molecular complexity index is 1350. The number of nitrogens with zero attached hydrogens (tertiary/aromatic N) is 2. The minimum absolute atomic E-state index is 0.127. The van der Waals surface area contributed by atoms with E-state index in [-0.39, 0.29) is 5.56 Å². The van der Waals surface area contributed by atoms with Gasteiger partial charge in [0, 0.05) is 36.1 Å². The predicted molar refractivity (Wildman–Crippen MR) is 132 cm³/mol. The van der Waals surface area contributed by atoms with Crippen LogP contribution in [0.4, 0.5) is 0 Å². The minimum Gasteiger partial charge on any atom is -0.481 e. The third-order valence-corrected chi connectivity index (χ3v) is 6.05. The first kappa shape index (κ1) is 22.7. The van der Waals surface area contributed by atoms with E-state index in [2.05, 4.69) is 40.0 Å². The number of H-pyrrole nitrogens is 1. The Hall–Kier alpha value is -3.45. The normalized spacial score (nSPS) is 12.9. The number of nitrogens with two attached hydrogens (primary N) is 1. The molecule has 7 heteroatoms. The van der Waals surface area contributed by atoms with Crippen molar-refractivity contribution < 1.29 is 9.90 Å². The highest BCUT2D eigenvalue weighted by Gasteiger charge is 2.17. The van der Waals surface area contributed by atoms with Crippen LogP contribution >= 0.6 is 0 Å². The van der Waals surface area contributed by atoms with Gasteiger partial charge in [0.25, 0.3) is 11.5 Å². The lowest BCUT2D eigenvalue weighted by atomic mass is 9.91. The van der Waals surface area contributed by atoms with E-state index in [9.17, 15) is 4.79 Å². The Morgan fingerprint density at radius 1 is 1.15 bits per heavy atom. The number of benzene rings is 2. The Kier molecular flexibility index (Phi) is 6.89. The summed E-state index contributed by atoms with van der Waals surface area (Å²) < 4.78 is 2.22. The van der Waals surface area contributed by atoms with Gasteiger partial charge in [-0.1, -0.05) is 18.2 Å². The highest BCUT2D eigenvalue weighted by Crippen LogP contribution is 2.30. The van der Waals surface area contributed by atoms with E-state index in [0.717, 1.165) is 66.7 Å². The zero-order valence-electron chi connectivity index (χ0n) is 18.9. The first-order valence-electron chi connectivity index (χ1n) is 11.5. The van der Waals surface area contributed by atoms with Crippen LogP contribution < -0.4 is 11.3 Å². The number of fused-ring (bicyclic) bond motifs is 3. The number of carboxylic acids is 1. The van der Waals surface area contributed by atoms with Gasteiger partial charge in [0.15, 0.2) is 0 Å². The van der Waals surface area contributed by atoms with Crippen LogP contribution in [0.3, 0.4) is 0 Å². The van der Waals surface area contributed by atoms with Gasteiger partial charge in [0.05, 0.1) is 11.0 Å². The quantitative estimate of drug-likeness (QED) is 0.397. The van der Waals surface area contributed by atoms with Crippen LogP contribution in [0.15, 0.2) is 47.4 Å². The molecule has 0 unspecified atom stereocenters. The minimum atomic E-state index is -0.833. The first-order chi connectivity index (χ1) is 16.0. The average Bonchev–Trinajstić information content (AvgIpc) is 3.16. The highest BCUT2D eigenvalue weighted by atomic mass is 16.4. The van der Waals surface area contributed by atoms with E-state index in [1.807, 2.05) is 12.1 Å². The molecule has 1 aliphatic carbocycles. The van der Waals surface area contributed by atoms with E-state index >= 15 is 0 Å². The third kappa shape index (κ3) is 4.98.